The van der Waals surface area contributed by atoms with Crippen LogP contribution in [0.1, 0.15) is 16.6 Å². The van der Waals surface area contributed by atoms with E-state index in [4.69, 9.17) is 5.26 Å². The van der Waals surface area contributed by atoms with Crippen LogP contribution >= 0.6 is 23.5 Å². The Morgan fingerprint density at radius 1 is 1.60 bits per heavy atom. The van der Waals surface area contributed by atoms with Gasteiger partial charge < -0.3 is 4.98 Å². The lowest BCUT2D eigenvalue weighted by atomic mass is 10.3. The Labute approximate surface area is 95.5 Å². The van der Waals surface area contributed by atoms with Crippen molar-refractivity contribution in [1.82, 2.24) is 9.97 Å². The van der Waals surface area contributed by atoms with Crippen LogP contribution in [-0.2, 0) is 0 Å². The van der Waals surface area contributed by atoms with Crippen LogP contribution in [0.3, 0.4) is 0 Å². The highest BCUT2D eigenvalue weighted by Crippen LogP contribution is 2.34. The third-order valence-electron chi connectivity index (χ3n) is 2.06. The van der Waals surface area contributed by atoms with E-state index in [0.29, 0.717) is 5.82 Å². The number of nitrogens with one attached hydrogen (secondary N) is 1. The van der Waals surface area contributed by atoms with Gasteiger partial charge in [-0.2, -0.15) is 17.0 Å². The fourth-order valence-corrected chi connectivity index (χ4v) is 3.93. The molecule has 0 radical (unpaired) electrons. The van der Waals surface area contributed by atoms with Crippen LogP contribution in [0.15, 0.2) is 11.0 Å². The summed E-state index contributed by atoms with van der Waals surface area (Å²) in [6.45, 7) is 0. The molecule has 1 aliphatic heterocycles. The molecule has 1 atom stereocenters. The van der Waals surface area contributed by atoms with Crippen molar-refractivity contribution in [2.45, 2.75) is 5.25 Å². The standard InChI is InChI=1S/C9H9N3OS2/c10-3-6-4-11-8(12-9(6)13)7-5-14-1-2-15-7/h4,7H,1-2,5H2,(H,11,12,13). The van der Waals surface area contributed by atoms with E-state index < -0.39 is 0 Å². The van der Waals surface area contributed by atoms with Crippen molar-refractivity contribution in [3.8, 4) is 6.07 Å². The number of hydrogen-bond donors (Lipinski definition) is 1. The lowest BCUT2D eigenvalue weighted by Gasteiger charge is -2.19. The van der Waals surface area contributed by atoms with E-state index in [1.165, 1.54) is 6.20 Å². The molecule has 2 rings (SSSR count). The smallest absolute Gasteiger partial charge is 0.268 e. The van der Waals surface area contributed by atoms with Crippen LogP contribution in [0.5, 0.6) is 0 Å². The second-order valence-corrected chi connectivity index (χ2v) is 5.52. The van der Waals surface area contributed by atoms with Gasteiger partial charge in [-0.05, 0) is 0 Å². The molecule has 0 aromatic carbocycles. The van der Waals surface area contributed by atoms with Crippen LogP contribution in [-0.4, -0.2) is 27.2 Å². The van der Waals surface area contributed by atoms with Gasteiger partial charge in [-0.1, -0.05) is 0 Å². The Balaban J connectivity index is 2.26. The Kier molecular flexibility index (Phi) is 3.34. The van der Waals surface area contributed by atoms with Crippen LogP contribution in [0, 0.1) is 11.3 Å². The molecule has 1 aromatic rings. The van der Waals surface area contributed by atoms with E-state index in [0.717, 1.165) is 17.3 Å². The number of hydrogen-bond acceptors (Lipinski definition) is 5. The molecular weight excluding hydrogens is 230 g/mol. The highest BCUT2D eigenvalue weighted by atomic mass is 32.2. The van der Waals surface area contributed by atoms with Crippen molar-refractivity contribution in [2.75, 3.05) is 17.3 Å². The molecule has 2 heterocycles. The average molecular weight is 239 g/mol. The van der Waals surface area contributed by atoms with Gasteiger partial charge in [0.05, 0.1) is 11.4 Å². The summed E-state index contributed by atoms with van der Waals surface area (Å²) in [5.41, 5.74) is -0.258. The quantitative estimate of drug-likeness (QED) is 0.796. The molecule has 1 unspecified atom stereocenters. The second-order valence-electron chi connectivity index (χ2n) is 3.06. The van der Waals surface area contributed by atoms with Gasteiger partial charge in [0.2, 0.25) is 0 Å². The summed E-state index contributed by atoms with van der Waals surface area (Å²) in [7, 11) is 0. The molecule has 4 nitrogen and oxygen atoms in total. The Morgan fingerprint density at radius 3 is 3.07 bits per heavy atom. The highest BCUT2D eigenvalue weighted by molar-refractivity contribution is 8.06. The largest absolute Gasteiger partial charge is 0.308 e. The topological polar surface area (TPSA) is 69.5 Å². The molecule has 1 saturated heterocycles. The second kappa shape index (κ2) is 4.73. The first-order valence-corrected chi connectivity index (χ1v) is 6.70. The molecule has 1 aromatic heterocycles. The predicted octanol–water partition coefficient (Wildman–Crippen LogP) is 1.16. The van der Waals surface area contributed by atoms with Crippen molar-refractivity contribution < 1.29 is 0 Å². The summed E-state index contributed by atoms with van der Waals surface area (Å²) in [6, 6.07) is 1.81. The summed E-state index contributed by atoms with van der Waals surface area (Å²) in [6.07, 6.45) is 1.36. The van der Waals surface area contributed by atoms with Gasteiger partial charge in [-0.25, -0.2) is 4.98 Å². The number of nitrogens with zero attached hydrogens (tertiary/aromatic N) is 2. The predicted molar refractivity (Wildman–Crippen MR) is 62.1 cm³/mol. The van der Waals surface area contributed by atoms with E-state index in [-0.39, 0.29) is 16.4 Å². The number of aromatic amines is 1. The molecule has 1 N–H and O–H groups in total. The maximum absolute atomic E-state index is 11.4. The van der Waals surface area contributed by atoms with Gasteiger partial charge in [0, 0.05) is 17.3 Å². The van der Waals surface area contributed by atoms with E-state index in [1.807, 2.05) is 17.8 Å². The summed E-state index contributed by atoms with van der Waals surface area (Å²) < 4.78 is 0. The molecule has 1 aliphatic rings. The lowest BCUT2D eigenvalue weighted by Crippen LogP contribution is -2.18. The van der Waals surface area contributed by atoms with E-state index in [1.54, 1.807) is 11.8 Å². The summed E-state index contributed by atoms with van der Waals surface area (Å²) in [5.74, 6) is 3.90. The van der Waals surface area contributed by atoms with Crippen LogP contribution in [0.25, 0.3) is 0 Å². The Morgan fingerprint density at radius 2 is 2.47 bits per heavy atom. The zero-order valence-electron chi connectivity index (χ0n) is 7.90. The van der Waals surface area contributed by atoms with Gasteiger partial charge in [-0.15, -0.1) is 11.8 Å². The average Bonchev–Trinajstić information content (AvgIpc) is 2.30. The molecular formula is C9H9N3OS2. The van der Waals surface area contributed by atoms with E-state index >= 15 is 0 Å². The summed E-state index contributed by atoms with van der Waals surface area (Å²) in [5, 5.41) is 8.85. The number of H-pyrrole nitrogens is 1. The van der Waals surface area contributed by atoms with Crippen LogP contribution < -0.4 is 5.56 Å². The zero-order valence-corrected chi connectivity index (χ0v) is 9.53. The number of rotatable bonds is 1. The maximum atomic E-state index is 11.4. The molecule has 0 amide bonds. The SMILES string of the molecule is N#Cc1cnc(C2CSCCS2)[nH]c1=O. The fraction of sp³-hybridized carbons (Fsp3) is 0.444. The maximum Gasteiger partial charge on any atom is 0.268 e. The molecule has 6 heteroatoms. The van der Waals surface area contributed by atoms with Crippen molar-refractivity contribution in [3.63, 3.8) is 0 Å². The normalized spacial score (nSPS) is 20.9. The minimum atomic E-state index is -0.335. The lowest BCUT2D eigenvalue weighted by molar-refractivity contribution is 0.901. The zero-order chi connectivity index (χ0) is 10.7. The Bertz CT molecular complexity index is 445. The number of thioether (sulfide) groups is 2. The Hall–Kier alpha value is -0.930. The minimum Gasteiger partial charge on any atom is -0.308 e. The third-order valence-corrected chi connectivity index (χ3v) is 4.82. The number of nitriles is 1. The first kappa shape index (κ1) is 10.6. The van der Waals surface area contributed by atoms with Crippen molar-refractivity contribution in [2.24, 2.45) is 0 Å². The van der Waals surface area contributed by atoms with Gasteiger partial charge in [0.15, 0.2) is 0 Å². The molecule has 78 valence electrons. The minimum absolute atomic E-state index is 0.0761. The molecule has 15 heavy (non-hydrogen) atoms. The monoisotopic (exact) mass is 239 g/mol. The highest BCUT2D eigenvalue weighted by Gasteiger charge is 2.18. The summed E-state index contributed by atoms with van der Waals surface area (Å²) >= 11 is 3.67. The fourth-order valence-electron chi connectivity index (χ4n) is 1.30. The van der Waals surface area contributed by atoms with Crippen LogP contribution in [0.4, 0.5) is 0 Å². The van der Waals surface area contributed by atoms with E-state index in [2.05, 4.69) is 9.97 Å². The van der Waals surface area contributed by atoms with Gasteiger partial charge in [0.1, 0.15) is 17.5 Å². The van der Waals surface area contributed by atoms with Gasteiger partial charge in [-0.3, -0.25) is 4.79 Å². The van der Waals surface area contributed by atoms with Gasteiger partial charge >= 0.3 is 0 Å². The van der Waals surface area contributed by atoms with Crippen molar-refractivity contribution >= 4 is 23.5 Å². The molecule has 0 bridgehead atoms. The molecule has 0 aliphatic carbocycles. The first-order chi connectivity index (χ1) is 7.31. The molecule has 1 fully saturated rings. The first-order valence-electron chi connectivity index (χ1n) is 4.50. The molecule has 0 saturated carbocycles. The van der Waals surface area contributed by atoms with Crippen molar-refractivity contribution in [1.29, 1.82) is 5.26 Å². The van der Waals surface area contributed by atoms with Crippen LogP contribution in [0.2, 0.25) is 0 Å². The summed E-state index contributed by atoms with van der Waals surface area (Å²) in [4.78, 5) is 18.2. The third kappa shape index (κ3) is 2.36. The van der Waals surface area contributed by atoms with E-state index in [9.17, 15) is 4.79 Å². The van der Waals surface area contributed by atoms with Gasteiger partial charge in [0.25, 0.3) is 5.56 Å². The van der Waals surface area contributed by atoms with Crippen molar-refractivity contribution in [3.05, 3.63) is 27.9 Å². The molecule has 0 spiro atoms. The number of aromatic nitrogens is 2.